The van der Waals surface area contributed by atoms with Crippen LogP contribution >= 0.6 is 0 Å². The Morgan fingerprint density at radius 2 is 1.62 bits per heavy atom. The van der Waals surface area contributed by atoms with Gasteiger partial charge in [0.05, 0.1) is 0 Å². The van der Waals surface area contributed by atoms with Gasteiger partial charge in [0, 0.05) is 38.5 Å². The average Bonchev–Trinajstić information content (AvgIpc) is 2.55. The predicted octanol–water partition coefficient (Wildman–Crippen LogP) is 2.84. The van der Waals surface area contributed by atoms with Crippen LogP contribution in [-0.4, -0.2) is 31.9 Å². The molecule has 0 aliphatic heterocycles. The molecule has 0 spiro atoms. The zero-order chi connectivity index (χ0) is 14.9. The van der Waals surface area contributed by atoms with Crippen molar-refractivity contribution in [3.63, 3.8) is 0 Å². The second kappa shape index (κ2) is 8.45. The van der Waals surface area contributed by atoms with Crippen LogP contribution in [0.5, 0.6) is 0 Å². The SMILES string of the molecule is CN(CCNC(CCO)c1ccccc1)c1ccccc1. The largest absolute Gasteiger partial charge is 0.396 e. The predicted molar refractivity (Wildman–Crippen MR) is 88.6 cm³/mol. The fourth-order valence-corrected chi connectivity index (χ4v) is 2.42. The first-order valence-electron chi connectivity index (χ1n) is 7.46. The van der Waals surface area contributed by atoms with E-state index in [0.717, 1.165) is 19.5 Å². The maximum atomic E-state index is 9.23. The summed E-state index contributed by atoms with van der Waals surface area (Å²) in [6.07, 6.45) is 0.735. The van der Waals surface area contributed by atoms with Gasteiger partial charge >= 0.3 is 0 Å². The number of nitrogens with zero attached hydrogens (tertiary/aromatic N) is 1. The second-order valence-electron chi connectivity index (χ2n) is 5.19. The molecule has 2 aromatic carbocycles. The van der Waals surface area contributed by atoms with Gasteiger partial charge in [0.25, 0.3) is 0 Å². The van der Waals surface area contributed by atoms with Crippen LogP contribution in [0.2, 0.25) is 0 Å². The van der Waals surface area contributed by atoms with Crippen molar-refractivity contribution in [3.8, 4) is 0 Å². The van der Waals surface area contributed by atoms with Crippen molar-refractivity contribution in [2.45, 2.75) is 12.5 Å². The molecule has 112 valence electrons. The van der Waals surface area contributed by atoms with E-state index in [1.54, 1.807) is 0 Å². The van der Waals surface area contributed by atoms with Crippen molar-refractivity contribution in [2.75, 3.05) is 31.6 Å². The molecule has 21 heavy (non-hydrogen) atoms. The van der Waals surface area contributed by atoms with Gasteiger partial charge in [-0.3, -0.25) is 0 Å². The molecule has 0 aromatic heterocycles. The Balaban J connectivity index is 1.85. The fraction of sp³-hybridized carbons (Fsp3) is 0.333. The van der Waals surface area contributed by atoms with E-state index in [4.69, 9.17) is 0 Å². The van der Waals surface area contributed by atoms with Gasteiger partial charge < -0.3 is 15.3 Å². The van der Waals surface area contributed by atoms with Gasteiger partial charge in [-0.05, 0) is 24.1 Å². The van der Waals surface area contributed by atoms with Crippen molar-refractivity contribution in [2.24, 2.45) is 0 Å². The topological polar surface area (TPSA) is 35.5 Å². The van der Waals surface area contributed by atoms with Crippen molar-refractivity contribution in [1.82, 2.24) is 5.32 Å². The zero-order valence-electron chi connectivity index (χ0n) is 12.6. The first-order chi connectivity index (χ1) is 10.3. The third-order valence-electron chi connectivity index (χ3n) is 3.65. The van der Waals surface area contributed by atoms with E-state index >= 15 is 0 Å². The van der Waals surface area contributed by atoms with E-state index in [1.807, 2.05) is 24.3 Å². The summed E-state index contributed by atoms with van der Waals surface area (Å²) in [4.78, 5) is 2.23. The number of hydrogen-bond acceptors (Lipinski definition) is 3. The van der Waals surface area contributed by atoms with Gasteiger partial charge in [0.15, 0.2) is 0 Å². The molecule has 0 amide bonds. The van der Waals surface area contributed by atoms with Gasteiger partial charge in [-0.2, -0.15) is 0 Å². The van der Waals surface area contributed by atoms with E-state index < -0.39 is 0 Å². The van der Waals surface area contributed by atoms with Gasteiger partial charge in [-0.1, -0.05) is 48.5 Å². The molecular formula is C18H24N2O. The highest BCUT2D eigenvalue weighted by Gasteiger charge is 2.10. The quantitative estimate of drug-likeness (QED) is 0.782. The summed E-state index contributed by atoms with van der Waals surface area (Å²) in [6, 6.07) is 20.9. The summed E-state index contributed by atoms with van der Waals surface area (Å²) >= 11 is 0. The van der Waals surface area contributed by atoms with Crippen LogP contribution in [0.1, 0.15) is 18.0 Å². The zero-order valence-corrected chi connectivity index (χ0v) is 12.6. The summed E-state index contributed by atoms with van der Waals surface area (Å²) in [6.45, 7) is 2.00. The lowest BCUT2D eigenvalue weighted by molar-refractivity contribution is 0.266. The molecule has 1 unspecified atom stereocenters. The molecule has 2 N–H and O–H groups in total. The first kappa shape index (κ1) is 15.5. The summed E-state index contributed by atoms with van der Waals surface area (Å²) in [5.74, 6) is 0. The van der Waals surface area contributed by atoms with Crippen molar-refractivity contribution >= 4 is 5.69 Å². The van der Waals surface area contributed by atoms with Crippen LogP contribution in [0.25, 0.3) is 0 Å². The van der Waals surface area contributed by atoms with E-state index in [0.29, 0.717) is 0 Å². The summed E-state index contributed by atoms with van der Waals surface area (Å²) < 4.78 is 0. The molecule has 1 atom stereocenters. The minimum Gasteiger partial charge on any atom is -0.396 e. The van der Waals surface area contributed by atoms with Gasteiger partial charge in [0.1, 0.15) is 0 Å². The highest BCUT2D eigenvalue weighted by Crippen LogP contribution is 2.16. The van der Waals surface area contributed by atoms with Gasteiger partial charge in [0.2, 0.25) is 0 Å². The molecule has 0 bridgehead atoms. The number of aliphatic hydroxyl groups is 1. The van der Waals surface area contributed by atoms with E-state index in [2.05, 4.69) is 53.7 Å². The Bertz CT molecular complexity index is 501. The molecule has 0 aliphatic rings. The van der Waals surface area contributed by atoms with Crippen molar-refractivity contribution in [1.29, 1.82) is 0 Å². The number of anilines is 1. The van der Waals surface area contributed by atoms with Crippen molar-refractivity contribution < 1.29 is 5.11 Å². The Labute approximate surface area is 127 Å². The fourth-order valence-electron chi connectivity index (χ4n) is 2.42. The maximum Gasteiger partial charge on any atom is 0.0449 e. The minimum atomic E-state index is 0.196. The van der Waals surface area contributed by atoms with Crippen LogP contribution in [0, 0.1) is 0 Å². The normalized spacial score (nSPS) is 12.1. The molecule has 2 aromatic rings. The Kier molecular flexibility index (Phi) is 6.25. The van der Waals surface area contributed by atoms with E-state index in [1.165, 1.54) is 11.3 Å². The highest BCUT2D eigenvalue weighted by atomic mass is 16.3. The molecule has 0 radical (unpaired) electrons. The van der Waals surface area contributed by atoms with Crippen LogP contribution in [0.15, 0.2) is 60.7 Å². The summed E-state index contributed by atoms with van der Waals surface area (Å²) in [7, 11) is 2.10. The molecule has 2 rings (SSSR count). The summed E-state index contributed by atoms with van der Waals surface area (Å²) in [5.41, 5.74) is 2.45. The van der Waals surface area contributed by atoms with Crippen molar-refractivity contribution in [3.05, 3.63) is 66.2 Å². The maximum absolute atomic E-state index is 9.23. The molecule has 0 saturated carbocycles. The van der Waals surface area contributed by atoms with Crippen LogP contribution in [-0.2, 0) is 0 Å². The number of likely N-dealkylation sites (N-methyl/N-ethyl adjacent to an activating group) is 1. The first-order valence-corrected chi connectivity index (χ1v) is 7.46. The summed E-state index contributed by atoms with van der Waals surface area (Å²) in [5, 5.41) is 12.8. The Morgan fingerprint density at radius 1 is 1.00 bits per heavy atom. The van der Waals surface area contributed by atoms with Gasteiger partial charge in [-0.25, -0.2) is 0 Å². The number of aliphatic hydroxyl groups excluding tert-OH is 1. The van der Waals surface area contributed by atoms with Gasteiger partial charge in [-0.15, -0.1) is 0 Å². The third-order valence-corrected chi connectivity index (χ3v) is 3.65. The number of benzene rings is 2. The lowest BCUT2D eigenvalue weighted by Crippen LogP contribution is -2.32. The van der Waals surface area contributed by atoms with E-state index in [-0.39, 0.29) is 12.6 Å². The van der Waals surface area contributed by atoms with Crippen LogP contribution < -0.4 is 10.2 Å². The second-order valence-corrected chi connectivity index (χ2v) is 5.19. The minimum absolute atomic E-state index is 0.196. The standard InChI is InChI=1S/C18H24N2O/c1-20(17-10-6-3-7-11-17)14-13-19-18(12-15-21)16-8-4-2-5-9-16/h2-11,18-19,21H,12-15H2,1H3. The number of nitrogens with one attached hydrogen (secondary N) is 1. The molecule has 3 nitrogen and oxygen atoms in total. The number of hydrogen-bond donors (Lipinski definition) is 2. The van der Waals surface area contributed by atoms with Crippen LogP contribution in [0.3, 0.4) is 0 Å². The molecule has 3 heteroatoms. The smallest absolute Gasteiger partial charge is 0.0449 e. The lowest BCUT2D eigenvalue weighted by Gasteiger charge is -2.23. The molecular weight excluding hydrogens is 260 g/mol. The lowest BCUT2D eigenvalue weighted by atomic mass is 10.0. The Hall–Kier alpha value is -1.84. The average molecular weight is 284 g/mol. The monoisotopic (exact) mass is 284 g/mol. The number of para-hydroxylation sites is 1. The molecule has 0 heterocycles. The molecule has 0 aliphatic carbocycles. The Morgan fingerprint density at radius 3 is 2.24 bits per heavy atom. The molecule has 0 saturated heterocycles. The third kappa shape index (κ3) is 4.88. The van der Waals surface area contributed by atoms with Crippen LogP contribution in [0.4, 0.5) is 5.69 Å². The molecule has 0 fully saturated rings. The highest BCUT2D eigenvalue weighted by molar-refractivity contribution is 5.44. The van der Waals surface area contributed by atoms with E-state index in [9.17, 15) is 5.11 Å². The number of rotatable bonds is 8.